The Bertz CT molecular complexity index is 518. The van der Waals surface area contributed by atoms with Crippen LogP contribution in [0.2, 0.25) is 0 Å². The third-order valence-corrected chi connectivity index (χ3v) is 6.18. The maximum atomic E-state index is 5.57. The Kier molecular flexibility index (Phi) is 5.38. The molecule has 0 saturated carbocycles. The molecule has 3 atom stereocenters. The lowest BCUT2D eigenvalue weighted by Crippen LogP contribution is -2.38. The van der Waals surface area contributed by atoms with Gasteiger partial charge < -0.3 is 10.1 Å². The highest BCUT2D eigenvalue weighted by Gasteiger charge is 2.44. The van der Waals surface area contributed by atoms with E-state index in [2.05, 4.69) is 73.2 Å². The molecule has 0 spiro atoms. The summed E-state index contributed by atoms with van der Waals surface area (Å²) in [6, 6.07) is 8.59. The van der Waals surface area contributed by atoms with E-state index in [1.807, 2.05) is 0 Å². The highest BCUT2D eigenvalue weighted by Crippen LogP contribution is 2.43. The summed E-state index contributed by atoms with van der Waals surface area (Å²) in [6.07, 6.45) is -0.0953. The first-order valence-electron chi connectivity index (χ1n) is 7.18. The maximum absolute atomic E-state index is 5.57. The van der Waals surface area contributed by atoms with Gasteiger partial charge >= 0.3 is 0 Å². The molecular weight excluding hydrogens is 348 g/mol. The summed E-state index contributed by atoms with van der Waals surface area (Å²) < 4.78 is 6.64. The van der Waals surface area contributed by atoms with Crippen LogP contribution >= 0.6 is 27.7 Å². The number of thioether (sulfide) groups is 1. The number of nitrogens with one attached hydrogen (secondary N) is 1. The van der Waals surface area contributed by atoms with Gasteiger partial charge in [0.2, 0.25) is 0 Å². The van der Waals surface area contributed by atoms with Gasteiger partial charge in [-0.25, -0.2) is 4.99 Å². The summed E-state index contributed by atoms with van der Waals surface area (Å²) in [6.45, 7) is 8.81. The van der Waals surface area contributed by atoms with Crippen LogP contribution in [0.1, 0.15) is 39.3 Å². The van der Waals surface area contributed by atoms with Gasteiger partial charge in [-0.1, -0.05) is 53.7 Å². The van der Waals surface area contributed by atoms with E-state index < -0.39 is 0 Å². The van der Waals surface area contributed by atoms with E-state index >= 15 is 0 Å². The fourth-order valence-electron chi connectivity index (χ4n) is 2.30. The molecule has 0 aliphatic carbocycles. The molecule has 21 heavy (non-hydrogen) atoms. The van der Waals surface area contributed by atoms with Crippen molar-refractivity contribution in [3.8, 4) is 0 Å². The van der Waals surface area contributed by atoms with Crippen molar-refractivity contribution in [2.45, 2.75) is 44.7 Å². The number of aliphatic imine (C=N–C) groups is 1. The molecule has 0 saturated heterocycles. The van der Waals surface area contributed by atoms with Gasteiger partial charge in [-0.05, 0) is 37.5 Å². The number of halogens is 1. The Hall–Kier alpha value is -0.520. The van der Waals surface area contributed by atoms with E-state index in [-0.39, 0.29) is 17.0 Å². The quantitative estimate of drug-likeness (QED) is 0.841. The van der Waals surface area contributed by atoms with Crippen LogP contribution in [0.25, 0.3) is 0 Å². The largest absolute Gasteiger partial charge is 0.358 e. The van der Waals surface area contributed by atoms with Crippen molar-refractivity contribution in [1.29, 1.82) is 0 Å². The van der Waals surface area contributed by atoms with Gasteiger partial charge in [0.05, 0.1) is 10.8 Å². The molecule has 5 heteroatoms. The number of benzene rings is 1. The molecule has 1 heterocycles. The molecular formula is C16H23BrN2OS. The van der Waals surface area contributed by atoms with Crippen molar-refractivity contribution in [3.05, 3.63) is 34.3 Å². The second-order valence-corrected chi connectivity index (χ2v) is 8.27. The van der Waals surface area contributed by atoms with Gasteiger partial charge in [0.25, 0.3) is 0 Å². The topological polar surface area (TPSA) is 33.6 Å². The SMILES string of the molecule is COC1N=C(N[C@@H](C)c2ccc(Br)cc2)SC1(C)C(C)C. The van der Waals surface area contributed by atoms with Crippen LogP contribution < -0.4 is 5.32 Å². The Morgan fingerprint density at radius 2 is 1.90 bits per heavy atom. The number of nitrogens with zero attached hydrogens (tertiary/aromatic N) is 1. The molecule has 0 aromatic heterocycles. The number of amidine groups is 1. The average Bonchev–Trinajstić information content (AvgIpc) is 2.77. The van der Waals surface area contributed by atoms with Crippen LogP contribution in [-0.4, -0.2) is 23.3 Å². The fraction of sp³-hybridized carbons (Fsp3) is 0.562. The summed E-state index contributed by atoms with van der Waals surface area (Å²) in [5.74, 6) is 0.485. The number of rotatable bonds is 4. The minimum atomic E-state index is -0.0953. The Morgan fingerprint density at radius 3 is 2.38 bits per heavy atom. The Balaban J connectivity index is 2.08. The predicted octanol–water partition coefficient (Wildman–Crippen LogP) is 4.59. The third kappa shape index (κ3) is 3.63. The zero-order valence-electron chi connectivity index (χ0n) is 13.2. The summed E-state index contributed by atoms with van der Waals surface area (Å²) in [5, 5.41) is 4.47. The molecule has 0 bridgehead atoms. The molecule has 116 valence electrons. The van der Waals surface area contributed by atoms with Crippen LogP contribution in [0.4, 0.5) is 0 Å². The highest BCUT2D eigenvalue weighted by atomic mass is 79.9. The van der Waals surface area contributed by atoms with Crippen LogP contribution in [0, 0.1) is 5.92 Å². The first-order chi connectivity index (χ1) is 9.86. The first kappa shape index (κ1) is 16.8. The lowest BCUT2D eigenvalue weighted by Gasteiger charge is -2.31. The van der Waals surface area contributed by atoms with Crippen molar-refractivity contribution in [2.75, 3.05) is 7.11 Å². The van der Waals surface area contributed by atoms with E-state index in [4.69, 9.17) is 9.73 Å². The average molecular weight is 371 g/mol. The van der Waals surface area contributed by atoms with Crippen LogP contribution in [-0.2, 0) is 4.74 Å². The zero-order chi connectivity index (χ0) is 15.6. The van der Waals surface area contributed by atoms with Crippen molar-refractivity contribution in [3.63, 3.8) is 0 Å². The van der Waals surface area contributed by atoms with Crippen molar-refractivity contribution in [2.24, 2.45) is 10.9 Å². The Labute approximate surface area is 140 Å². The van der Waals surface area contributed by atoms with Gasteiger partial charge in [0.15, 0.2) is 11.4 Å². The van der Waals surface area contributed by atoms with Crippen molar-refractivity contribution >= 4 is 32.9 Å². The Morgan fingerprint density at radius 1 is 1.29 bits per heavy atom. The minimum Gasteiger partial charge on any atom is -0.358 e. The second kappa shape index (κ2) is 6.71. The highest BCUT2D eigenvalue weighted by molar-refractivity contribution is 9.10. The molecule has 0 fully saturated rings. The summed E-state index contributed by atoms with van der Waals surface area (Å²) in [7, 11) is 1.73. The molecule has 1 N–H and O–H groups in total. The number of ether oxygens (including phenoxy) is 1. The van der Waals surface area contributed by atoms with E-state index in [1.54, 1.807) is 18.9 Å². The van der Waals surface area contributed by atoms with Gasteiger partial charge in [-0.3, -0.25) is 0 Å². The van der Waals surface area contributed by atoms with Crippen LogP contribution in [0.15, 0.2) is 33.7 Å². The predicted molar refractivity (Wildman–Crippen MR) is 94.8 cm³/mol. The lowest BCUT2D eigenvalue weighted by atomic mass is 9.95. The summed E-state index contributed by atoms with van der Waals surface area (Å²) in [4.78, 5) is 4.70. The van der Waals surface area contributed by atoms with E-state index in [9.17, 15) is 0 Å². The molecule has 3 nitrogen and oxygen atoms in total. The zero-order valence-corrected chi connectivity index (χ0v) is 15.6. The number of methoxy groups -OCH3 is 1. The summed E-state index contributed by atoms with van der Waals surface area (Å²) >= 11 is 5.25. The monoisotopic (exact) mass is 370 g/mol. The third-order valence-electron chi connectivity index (χ3n) is 4.12. The van der Waals surface area contributed by atoms with Crippen molar-refractivity contribution < 1.29 is 4.74 Å². The van der Waals surface area contributed by atoms with Crippen LogP contribution in [0.5, 0.6) is 0 Å². The van der Waals surface area contributed by atoms with E-state index in [0.29, 0.717) is 5.92 Å². The molecule has 1 aromatic rings. The second-order valence-electron chi connectivity index (χ2n) is 5.88. The molecule has 1 aliphatic heterocycles. The minimum absolute atomic E-state index is 0.0173. The van der Waals surface area contributed by atoms with Crippen molar-refractivity contribution in [1.82, 2.24) is 5.32 Å². The van der Waals surface area contributed by atoms with Gasteiger partial charge in [0.1, 0.15) is 0 Å². The maximum Gasteiger partial charge on any atom is 0.165 e. The number of hydrogen-bond donors (Lipinski definition) is 1. The first-order valence-corrected chi connectivity index (χ1v) is 8.79. The van der Waals surface area contributed by atoms with E-state index in [0.717, 1.165) is 9.64 Å². The summed E-state index contributed by atoms with van der Waals surface area (Å²) in [5.41, 5.74) is 1.24. The van der Waals surface area contributed by atoms with E-state index in [1.165, 1.54) is 5.56 Å². The van der Waals surface area contributed by atoms with Gasteiger partial charge in [-0.2, -0.15) is 0 Å². The molecule has 2 rings (SSSR count). The molecule has 1 aliphatic rings. The normalized spacial score (nSPS) is 26.8. The lowest BCUT2D eigenvalue weighted by molar-refractivity contribution is 0.0683. The molecule has 0 amide bonds. The van der Waals surface area contributed by atoms with Gasteiger partial charge in [-0.15, -0.1) is 0 Å². The number of hydrogen-bond acceptors (Lipinski definition) is 4. The fourth-order valence-corrected chi connectivity index (χ4v) is 3.85. The van der Waals surface area contributed by atoms with Crippen LogP contribution in [0.3, 0.4) is 0 Å². The van der Waals surface area contributed by atoms with Gasteiger partial charge in [0, 0.05) is 11.6 Å². The standard InChI is InChI=1S/C16H23BrN2OS/c1-10(2)16(4)14(20-5)19-15(21-16)18-11(3)12-6-8-13(17)9-7-12/h6-11,14H,1-5H3,(H,18,19)/t11-,14?,16?/m0/s1. The molecule has 0 radical (unpaired) electrons. The smallest absolute Gasteiger partial charge is 0.165 e. The molecule has 2 unspecified atom stereocenters. The molecule has 1 aromatic carbocycles.